The second-order valence-corrected chi connectivity index (χ2v) is 4.99. The largest absolute Gasteiger partial charge is 0.399 e. The van der Waals surface area contributed by atoms with E-state index in [1.807, 2.05) is 39.0 Å². The third-order valence-corrected chi connectivity index (χ3v) is 3.14. The Morgan fingerprint density at radius 2 is 1.42 bits per heavy atom. The normalized spacial score (nSPS) is 11.2. The van der Waals surface area contributed by atoms with Gasteiger partial charge < -0.3 is 5.73 Å². The minimum Gasteiger partial charge on any atom is -0.399 e. The summed E-state index contributed by atoms with van der Waals surface area (Å²) < 4.78 is 0. The van der Waals surface area contributed by atoms with Crippen molar-refractivity contribution in [2.45, 2.75) is 27.7 Å². The fraction of sp³-hybridized carbons (Fsp3) is 0.250. The summed E-state index contributed by atoms with van der Waals surface area (Å²) in [5.41, 5.74) is 12.8. The lowest BCUT2D eigenvalue weighted by Gasteiger charge is -2.06. The monoisotopic (exact) mass is 253 g/mol. The molecular formula is C16H19N3. The number of benzene rings is 2. The van der Waals surface area contributed by atoms with E-state index < -0.39 is 0 Å². The SMILES string of the molecule is Cc1ccc(C)c(N=Nc2c(C)cc(N)cc2C)c1. The van der Waals surface area contributed by atoms with Crippen molar-refractivity contribution in [3.05, 3.63) is 52.6 Å². The number of nitrogens with two attached hydrogens (primary N) is 1. The van der Waals surface area contributed by atoms with Gasteiger partial charge in [-0.2, -0.15) is 5.11 Å². The molecule has 0 aliphatic rings. The third kappa shape index (κ3) is 2.99. The Balaban J connectivity index is 2.41. The fourth-order valence-corrected chi connectivity index (χ4v) is 2.08. The first-order valence-electron chi connectivity index (χ1n) is 6.33. The number of aryl methyl sites for hydroxylation is 4. The van der Waals surface area contributed by atoms with E-state index in [1.54, 1.807) is 0 Å². The van der Waals surface area contributed by atoms with Crippen molar-refractivity contribution < 1.29 is 0 Å². The predicted molar refractivity (Wildman–Crippen MR) is 80.4 cm³/mol. The van der Waals surface area contributed by atoms with Gasteiger partial charge in [0.1, 0.15) is 0 Å². The van der Waals surface area contributed by atoms with Gasteiger partial charge in [-0.3, -0.25) is 0 Å². The molecule has 3 heteroatoms. The molecular weight excluding hydrogens is 234 g/mol. The van der Waals surface area contributed by atoms with Crippen LogP contribution < -0.4 is 5.73 Å². The van der Waals surface area contributed by atoms with Crippen LogP contribution in [0.5, 0.6) is 0 Å². The van der Waals surface area contributed by atoms with Crippen LogP contribution in [0.15, 0.2) is 40.6 Å². The van der Waals surface area contributed by atoms with Gasteiger partial charge in [0.25, 0.3) is 0 Å². The number of anilines is 1. The molecule has 0 radical (unpaired) electrons. The van der Waals surface area contributed by atoms with E-state index in [1.165, 1.54) is 5.56 Å². The minimum absolute atomic E-state index is 0.765. The molecule has 2 aromatic carbocycles. The van der Waals surface area contributed by atoms with Crippen LogP contribution in [0, 0.1) is 27.7 Å². The standard InChI is InChI=1S/C16H19N3/c1-10-5-6-11(2)15(7-10)18-19-16-12(3)8-14(17)9-13(16)4/h5-9H,17H2,1-4H3. The van der Waals surface area contributed by atoms with Crippen LogP contribution >= 0.6 is 0 Å². The van der Waals surface area contributed by atoms with Crippen molar-refractivity contribution in [3.63, 3.8) is 0 Å². The maximum atomic E-state index is 5.81. The Morgan fingerprint density at radius 3 is 2.05 bits per heavy atom. The van der Waals surface area contributed by atoms with Crippen LogP contribution in [0.4, 0.5) is 17.1 Å². The molecule has 3 nitrogen and oxygen atoms in total. The zero-order valence-corrected chi connectivity index (χ0v) is 11.9. The van der Waals surface area contributed by atoms with Gasteiger partial charge in [0.2, 0.25) is 0 Å². The van der Waals surface area contributed by atoms with Crippen molar-refractivity contribution in [2.75, 3.05) is 5.73 Å². The topological polar surface area (TPSA) is 50.7 Å². The lowest BCUT2D eigenvalue weighted by atomic mass is 10.1. The molecule has 0 saturated carbocycles. The Bertz CT molecular complexity index is 619. The average molecular weight is 253 g/mol. The molecule has 0 unspecified atom stereocenters. The fourth-order valence-electron chi connectivity index (χ4n) is 2.08. The van der Waals surface area contributed by atoms with Crippen molar-refractivity contribution in [2.24, 2.45) is 10.2 Å². The summed E-state index contributed by atoms with van der Waals surface area (Å²) in [7, 11) is 0. The molecule has 98 valence electrons. The maximum absolute atomic E-state index is 5.81. The van der Waals surface area contributed by atoms with Crippen molar-refractivity contribution in [1.29, 1.82) is 0 Å². The first-order valence-corrected chi connectivity index (χ1v) is 6.33. The summed E-state index contributed by atoms with van der Waals surface area (Å²) in [6.45, 7) is 8.09. The van der Waals surface area contributed by atoms with Crippen LogP contribution in [0.3, 0.4) is 0 Å². The lowest BCUT2D eigenvalue weighted by Crippen LogP contribution is -1.88. The lowest BCUT2D eigenvalue weighted by molar-refractivity contribution is 1.17. The van der Waals surface area contributed by atoms with Gasteiger partial charge in [0.15, 0.2) is 0 Å². The van der Waals surface area contributed by atoms with Crippen molar-refractivity contribution in [3.8, 4) is 0 Å². The molecule has 0 spiro atoms. The Kier molecular flexibility index (Phi) is 3.65. The highest BCUT2D eigenvalue weighted by atomic mass is 15.1. The van der Waals surface area contributed by atoms with E-state index in [2.05, 4.69) is 29.3 Å². The van der Waals surface area contributed by atoms with E-state index in [0.717, 1.165) is 33.8 Å². The van der Waals surface area contributed by atoms with E-state index in [4.69, 9.17) is 5.73 Å². The number of hydrogen-bond donors (Lipinski definition) is 1. The molecule has 0 saturated heterocycles. The molecule has 0 atom stereocenters. The van der Waals surface area contributed by atoms with Gasteiger partial charge in [-0.15, -0.1) is 5.11 Å². The van der Waals surface area contributed by atoms with Crippen molar-refractivity contribution >= 4 is 17.1 Å². The number of azo groups is 1. The molecule has 0 bridgehead atoms. The van der Waals surface area contributed by atoms with E-state index >= 15 is 0 Å². The molecule has 0 aromatic heterocycles. The summed E-state index contributed by atoms with van der Waals surface area (Å²) >= 11 is 0. The van der Waals surface area contributed by atoms with Gasteiger partial charge in [-0.05, 0) is 68.1 Å². The quantitative estimate of drug-likeness (QED) is 0.599. The second kappa shape index (κ2) is 5.22. The molecule has 2 rings (SSSR count). The number of nitrogens with zero attached hydrogens (tertiary/aromatic N) is 2. The van der Waals surface area contributed by atoms with Crippen LogP contribution in [0.2, 0.25) is 0 Å². The molecule has 0 heterocycles. The minimum atomic E-state index is 0.765. The summed E-state index contributed by atoms with van der Waals surface area (Å²) in [6, 6.07) is 10.0. The predicted octanol–water partition coefficient (Wildman–Crippen LogP) is 4.92. The van der Waals surface area contributed by atoms with Crippen LogP contribution in [-0.4, -0.2) is 0 Å². The molecule has 0 aliphatic heterocycles. The second-order valence-electron chi connectivity index (χ2n) is 4.99. The van der Waals surface area contributed by atoms with Crippen LogP contribution in [-0.2, 0) is 0 Å². The first kappa shape index (κ1) is 13.3. The average Bonchev–Trinajstić information content (AvgIpc) is 2.32. The molecule has 0 amide bonds. The zero-order chi connectivity index (χ0) is 14.0. The van der Waals surface area contributed by atoms with Gasteiger partial charge >= 0.3 is 0 Å². The smallest absolute Gasteiger partial charge is 0.0916 e. The highest BCUT2D eigenvalue weighted by molar-refractivity contribution is 5.59. The highest BCUT2D eigenvalue weighted by Gasteiger charge is 2.03. The molecule has 19 heavy (non-hydrogen) atoms. The van der Waals surface area contributed by atoms with Gasteiger partial charge in [0.05, 0.1) is 11.4 Å². The molecule has 0 aliphatic carbocycles. The van der Waals surface area contributed by atoms with E-state index in [9.17, 15) is 0 Å². The van der Waals surface area contributed by atoms with Gasteiger partial charge in [0, 0.05) is 5.69 Å². The maximum Gasteiger partial charge on any atom is 0.0916 e. The Labute approximate surface area is 114 Å². The van der Waals surface area contributed by atoms with E-state index in [-0.39, 0.29) is 0 Å². The van der Waals surface area contributed by atoms with E-state index in [0.29, 0.717) is 0 Å². The van der Waals surface area contributed by atoms with Crippen LogP contribution in [0.25, 0.3) is 0 Å². The number of nitrogen functional groups attached to an aromatic ring is 1. The molecule has 0 fully saturated rings. The van der Waals surface area contributed by atoms with Crippen molar-refractivity contribution in [1.82, 2.24) is 0 Å². The van der Waals surface area contributed by atoms with Gasteiger partial charge in [-0.25, -0.2) is 0 Å². The first-order chi connectivity index (χ1) is 8.97. The molecule has 2 aromatic rings. The summed E-state index contributed by atoms with van der Waals surface area (Å²) in [5.74, 6) is 0. The Morgan fingerprint density at radius 1 is 0.789 bits per heavy atom. The Hall–Kier alpha value is -2.16. The van der Waals surface area contributed by atoms with Crippen LogP contribution in [0.1, 0.15) is 22.3 Å². The van der Waals surface area contributed by atoms with Gasteiger partial charge in [-0.1, -0.05) is 12.1 Å². The summed E-state index contributed by atoms with van der Waals surface area (Å²) in [5, 5.41) is 8.76. The summed E-state index contributed by atoms with van der Waals surface area (Å²) in [6.07, 6.45) is 0. The summed E-state index contributed by atoms with van der Waals surface area (Å²) in [4.78, 5) is 0. The highest BCUT2D eigenvalue weighted by Crippen LogP contribution is 2.29. The number of hydrogen-bond acceptors (Lipinski definition) is 3. The molecule has 2 N–H and O–H groups in total. The third-order valence-electron chi connectivity index (χ3n) is 3.14. The zero-order valence-electron chi connectivity index (χ0n) is 11.9. The number of rotatable bonds is 2.